The zero-order valence-electron chi connectivity index (χ0n) is 7.41. The van der Waals surface area contributed by atoms with Gasteiger partial charge in [-0.05, 0) is 12.1 Å². The summed E-state index contributed by atoms with van der Waals surface area (Å²) < 4.78 is 52.7. The lowest BCUT2D eigenvalue weighted by Crippen LogP contribution is -2.10. The molecule has 0 aromatic heterocycles. The van der Waals surface area contributed by atoms with E-state index in [4.69, 9.17) is 6.42 Å². The van der Waals surface area contributed by atoms with Crippen LogP contribution < -0.4 is 0 Å². The van der Waals surface area contributed by atoms with Crippen LogP contribution in [0, 0.1) is 24.0 Å². The van der Waals surface area contributed by atoms with Gasteiger partial charge in [0.1, 0.15) is 18.2 Å². The van der Waals surface area contributed by atoms with Gasteiger partial charge in [-0.3, -0.25) is 4.18 Å². The molecule has 0 bridgehead atoms. The van der Waals surface area contributed by atoms with E-state index in [1.54, 1.807) is 0 Å². The van der Waals surface area contributed by atoms with Crippen molar-refractivity contribution in [2.24, 2.45) is 0 Å². The molecular formula is C9H6F2O3S. The van der Waals surface area contributed by atoms with Crippen LogP contribution in [-0.2, 0) is 14.3 Å². The van der Waals surface area contributed by atoms with Crippen molar-refractivity contribution in [3.05, 3.63) is 29.8 Å². The molecule has 0 radical (unpaired) electrons. The second-order valence-corrected chi connectivity index (χ2v) is 4.02. The number of hydrogen-bond donors (Lipinski definition) is 0. The molecule has 0 aliphatic carbocycles. The minimum absolute atomic E-state index is 0.573. The van der Waals surface area contributed by atoms with Crippen LogP contribution >= 0.6 is 0 Å². The van der Waals surface area contributed by atoms with Crippen LogP contribution in [0.3, 0.4) is 0 Å². The van der Waals surface area contributed by atoms with Gasteiger partial charge in [0.05, 0.1) is 0 Å². The summed E-state index contributed by atoms with van der Waals surface area (Å²) in [5.41, 5.74) is 0. The SMILES string of the molecule is C#CCOS(=O)(=O)c1c(F)cccc1F. The van der Waals surface area contributed by atoms with Crippen molar-refractivity contribution < 1.29 is 21.4 Å². The van der Waals surface area contributed by atoms with E-state index in [1.807, 2.05) is 5.92 Å². The molecule has 0 aliphatic heterocycles. The van der Waals surface area contributed by atoms with E-state index in [1.165, 1.54) is 0 Å². The number of rotatable bonds is 3. The third kappa shape index (κ3) is 2.52. The molecule has 1 rings (SSSR count). The van der Waals surface area contributed by atoms with Crippen molar-refractivity contribution in [2.75, 3.05) is 6.61 Å². The van der Waals surface area contributed by atoms with Gasteiger partial charge < -0.3 is 0 Å². The van der Waals surface area contributed by atoms with Crippen LogP contribution in [-0.4, -0.2) is 15.0 Å². The summed E-state index contributed by atoms with van der Waals surface area (Å²) in [7, 11) is -4.48. The molecule has 3 nitrogen and oxygen atoms in total. The van der Waals surface area contributed by atoms with Gasteiger partial charge in [0.2, 0.25) is 0 Å². The third-order valence-corrected chi connectivity index (χ3v) is 2.78. The minimum atomic E-state index is -4.48. The molecule has 0 amide bonds. The normalized spacial score (nSPS) is 11.0. The van der Waals surface area contributed by atoms with Gasteiger partial charge in [-0.1, -0.05) is 12.0 Å². The largest absolute Gasteiger partial charge is 0.303 e. The van der Waals surface area contributed by atoms with Crippen molar-refractivity contribution in [1.82, 2.24) is 0 Å². The maximum Gasteiger partial charge on any atom is 0.303 e. The molecule has 0 atom stereocenters. The molecule has 1 aromatic rings. The smallest absolute Gasteiger partial charge is 0.253 e. The van der Waals surface area contributed by atoms with Gasteiger partial charge in [0.15, 0.2) is 4.90 Å². The first-order valence-electron chi connectivity index (χ1n) is 3.76. The van der Waals surface area contributed by atoms with Crippen molar-refractivity contribution in [1.29, 1.82) is 0 Å². The number of hydrogen-bond acceptors (Lipinski definition) is 3. The third-order valence-electron chi connectivity index (χ3n) is 1.47. The molecule has 0 unspecified atom stereocenters. The average Bonchev–Trinajstić information content (AvgIpc) is 2.14. The van der Waals surface area contributed by atoms with E-state index >= 15 is 0 Å². The van der Waals surface area contributed by atoms with Crippen LogP contribution in [0.25, 0.3) is 0 Å². The number of halogens is 2. The number of terminal acetylenes is 1. The van der Waals surface area contributed by atoms with Crippen LogP contribution in [0.5, 0.6) is 0 Å². The second-order valence-electron chi connectivity index (χ2n) is 2.47. The standard InChI is InChI=1S/C9H6F2O3S/c1-2-6-14-15(12,13)9-7(10)4-3-5-8(9)11/h1,3-5H,6H2. The topological polar surface area (TPSA) is 43.4 Å². The van der Waals surface area contributed by atoms with E-state index in [2.05, 4.69) is 4.18 Å². The van der Waals surface area contributed by atoms with Gasteiger partial charge in [-0.15, -0.1) is 6.42 Å². The maximum atomic E-state index is 13.0. The Labute approximate surface area is 85.8 Å². The Morgan fingerprint density at radius 3 is 2.33 bits per heavy atom. The fourth-order valence-electron chi connectivity index (χ4n) is 0.892. The monoisotopic (exact) mass is 232 g/mol. The highest BCUT2D eigenvalue weighted by Gasteiger charge is 2.24. The van der Waals surface area contributed by atoms with Crippen LogP contribution in [0.1, 0.15) is 0 Å². The zero-order valence-corrected chi connectivity index (χ0v) is 8.22. The van der Waals surface area contributed by atoms with Crippen LogP contribution in [0.4, 0.5) is 8.78 Å². The van der Waals surface area contributed by atoms with Gasteiger partial charge >= 0.3 is 10.1 Å². The Balaban J connectivity index is 3.22. The van der Waals surface area contributed by atoms with Crippen molar-refractivity contribution in [3.63, 3.8) is 0 Å². The molecule has 0 heterocycles. The van der Waals surface area contributed by atoms with Gasteiger partial charge in [0.25, 0.3) is 0 Å². The molecule has 1 aromatic carbocycles. The molecule has 0 saturated carbocycles. The summed E-state index contributed by atoms with van der Waals surface area (Å²) in [6.45, 7) is -0.573. The second kappa shape index (κ2) is 4.38. The van der Waals surface area contributed by atoms with E-state index < -0.39 is 33.3 Å². The summed E-state index contributed by atoms with van der Waals surface area (Å²) >= 11 is 0. The molecule has 80 valence electrons. The molecule has 0 fully saturated rings. The fraction of sp³-hybridized carbons (Fsp3) is 0.111. The Hall–Kier alpha value is -1.45. The lowest BCUT2D eigenvalue weighted by Gasteiger charge is -2.04. The van der Waals surface area contributed by atoms with Crippen molar-refractivity contribution in [3.8, 4) is 12.3 Å². The minimum Gasteiger partial charge on any atom is -0.253 e. The van der Waals surface area contributed by atoms with E-state index in [0.29, 0.717) is 0 Å². The summed E-state index contributed by atoms with van der Waals surface area (Å²) in [6, 6.07) is 2.68. The van der Waals surface area contributed by atoms with Crippen LogP contribution in [0.2, 0.25) is 0 Å². The Morgan fingerprint density at radius 2 is 1.87 bits per heavy atom. The average molecular weight is 232 g/mol. The predicted molar refractivity (Wildman–Crippen MR) is 48.3 cm³/mol. The first-order chi connectivity index (χ1) is 6.99. The Morgan fingerprint density at radius 1 is 1.33 bits per heavy atom. The first-order valence-corrected chi connectivity index (χ1v) is 5.17. The number of benzene rings is 1. The van der Waals surface area contributed by atoms with Crippen LogP contribution in [0.15, 0.2) is 23.1 Å². The highest BCUT2D eigenvalue weighted by Crippen LogP contribution is 2.19. The maximum absolute atomic E-state index is 13.0. The summed E-state index contributed by atoms with van der Waals surface area (Å²) in [5.74, 6) is -0.545. The summed E-state index contributed by atoms with van der Waals surface area (Å²) in [5, 5.41) is 0. The van der Waals surface area contributed by atoms with Gasteiger partial charge in [-0.2, -0.15) is 8.42 Å². The molecular weight excluding hydrogens is 226 g/mol. The van der Waals surface area contributed by atoms with E-state index in [9.17, 15) is 17.2 Å². The predicted octanol–water partition coefficient (Wildman–Crippen LogP) is 1.30. The molecule has 0 saturated heterocycles. The van der Waals surface area contributed by atoms with Crippen molar-refractivity contribution >= 4 is 10.1 Å². The lowest BCUT2D eigenvalue weighted by atomic mass is 10.3. The highest BCUT2D eigenvalue weighted by molar-refractivity contribution is 7.86. The van der Waals surface area contributed by atoms with Gasteiger partial charge in [0, 0.05) is 0 Å². The van der Waals surface area contributed by atoms with Gasteiger partial charge in [-0.25, -0.2) is 8.78 Å². The van der Waals surface area contributed by atoms with Crippen molar-refractivity contribution in [2.45, 2.75) is 4.90 Å². The highest BCUT2D eigenvalue weighted by atomic mass is 32.2. The molecule has 0 aliphatic rings. The molecule has 0 spiro atoms. The molecule has 6 heteroatoms. The molecule has 15 heavy (non-hydrogen) atoms. The van der Waals surface area contributed by atoms with E-state index in [0.717, 1.165) is 18.2 Å². The Kier molecular flexibility index (Phi) is 3.39. The Bertz CT molecular complexity index is 482. The first kappa shape index (κ1) is 11.6. The fourth-order valence-corrected chi connectivity index (χ4v) is 1.85. The molecule has 0 N–H and O–H groups in total. The van der Waals surface area contributed by atoms with E-state index in [-0.39, 0.29) is 0 Å². The zero-order chi connectivity index (χ0) is 11.5. The lowest BCUT2D eigenvalue weighted by molar-refractivity contribution is 0.355. The quantitative estimate of drug-likeness (QED) is 0.583. The summed E-state index contributed by atoms with van der Waals surface area (Å²) in [4.78, 5) is -1.12. The summed E-state index contributed by atoms with van der Waals surface area (Å²) in [6.07, 6.45) is 4.76.